The molecule has 18 heavy (non-hydrogen) atoms. The fourth-order valence-electron chi connectivity index (χ4n) is 3.29. The molecule has 0 saturated carbocycles. The zero-order chi connectivity index (χ0) is 13.2. The van der Waals surface area contributed by atoms with Gasteiger partial charge in [-0.25, -0.2) is 0 Å². The monoisotopic (exact) mass is 247 g/mol. The number of benzene rings is 1. The van der Waals surface area contributed by atoms with Crippen molar-refractivity contribution in [1.82, 2.24) is 5.32 Å². The Morgan fingerprint density at radius 1 is 1.33 bits per heavy atom. The summed E-state index contributed by atoms with van der Waals surface area (Å²) in [6.07, 6.45) is 2.28. The molecular formula is C16H25NO. The quantitative estimate of drug-likeness (QED) is 0.878. The van der Waals surface area contributed by atoms with E-state index in [1.807, 2.05) is 7.11 Å². The molecule has 0 spiro atoms. The number of methoxy groups -OCH3 is 1. The van der Waals surface area contributed by atoms with Gasteiger partial charge in [-0.2, -0.15) is 0 Å². The van der Waals surface area contributed by atoms with Gasteiger partial charge in [-0.3, -0.25) is 0 Å². The van der Waals surface area contributed by atoms with Crippen molar-refractivity contribution in [1.29, 1.82) is 0 Å². The summed E-state index contributed by atoms with van der Waals surface area (Å²) in [5.74, 6) is 0. The molecule has 0 aliphatic carbocycles. The topological polar surface area (TPSA) is 21.3 Å². The van der Waals surface area contributed by atoms with Crippen molar-refractivity contribution in [2.75, 3.05) is 13.7 Å². The smallest absolute Gasteiger partial charge is 0.0628 e. The standard InChI is InChI=1S/C16H25NO/c1-15(2,18-4)12-16(3)10-11-17-14(16)13-8-6-5-7-9-13/h5-9,14,17H,10-12H2,1-4H3. The summed E-state index contributed by atoms with van der Waals surface area (Å²) in [5, 5.41) is 3.65. The molecule has 1 saturated heterocycles. The molecule has 1 aliphatic heterocycles. The van der Waals surface area contributed by atoms with E-state index in [0.717, 1.165) is 13.0 Å². The second-order valence-corrected chi connectivity index (χ2v) is 6.34. The Morgan fingerprint density at radius 3 is 2.61 bits per heavy atom. The van der Waals surface area contributed by atoms with E-state index in [4.69, 9.17) is 4.74 Å². The zero-order valence-electron chi connectivity index (χ0n) is 12.0. The van der Waals surface area contributed by atoms with Crippen molar-refractivity contribution in [3.8, 4) is 0 Å². The molecule has 1 fully saturated rings. The van der Waals surface area contributed by atoms with Crippen LogP contribution in [0, 0.1) is 5.41 Å². The molecule has 0 bridgehead atoms. The van der Waals surface area contributed by atoms with Gasteiger partial charge < -0.3 is 10.1 Å². The Bertz CT molecular complexity index is 387. The molecule has 2 atom stereocenters. The molecule has 1 aromatic carbocycles. The van der Waals surface area contributed by atoms with Crippen LogP contribution in [-0.2, 0) is 4.74 Å². The van der Waals surface area contributed by atoms with Crippen LogP contribution in [0.15, 0.2) is 30.3 Å². The fourth-order valence-corrected chi connectivity index (χ4v) is 3.29. The van der Waals surface area contributed by atoms with Crippen molar-refractivity contribution in [3.05, 3.63) is 35.9 Å². The normalized spacial score (nSPS) is 28.6. The maximum absolute atomic E-state index is 5.62. The van der Waals surface area contributed by atoms with Gasteiger partial charge in [0.25, 0.3) is 0 Å². The van der Waals surface area contributed by atoms with E-state index in [0.29, 0.717) is 6.04 Å². The highest BCUT2D eigenvalue weighted by atomic mass is 16.5. The SMILES string of the molecule is COC(C)(C)CC1(C)CCNC1c1ccccc1. The van der Waals surface area contributed by atoms with E-state index in [2.05, 4.69) is 56.4 Å². The van der Waals surface area contributed by atoms with Crippen LogP contribution >= 0.6 is 0 Å². The Labute approximate surface area is 111 Å². The summed E-state index contributed by atoms with van der Waals surface area (Å²) >= 11 is 0. The molecule has 100 valence electrons. The Hall–Kier alpha value is -0.860. The second kappa shape index (κ2) is 5.02. The first-order valence-corrected chi connectivity index (χ1v) is 6.80. The lowest BCUT2D eigenvalue weighted by Crippen LogP contribution is -2.35. The van der Waals surface area contributed by atoms with Crippen molar-refractivity contribution in [2.45, 2.75) is 45.3 Å². The number of nitrogens with one attached hydrogen (secondary N) is 1. The van der Waals surface area contributed by atoms with Gasteiger partial charge in [-0.05, 0) is 44.2 Å². The van der Waals surface area contributed by atoms with Crippen LogP contribution in [-0.4, -0.2) is 19.3 Å². The van der Waals surface area contributed by atoms with Gasteiger partial charge in [0, 0.05) is 13.2 Å². The molecule has 1 aromatic rings. The van der Waals surface area contributed by atoms with Crippen molar-refractivity contribution >= 4 is 0 Å². The Kier molecular flexibility index (Phi) is 3.79. The predicted octanol–water partition coefficient (Wildman–Crippen LogP) is 3.54. The van der Waals surface area contributed by atoms with Crippen LogP contribution in [0.1, 0.15) is 45.2 Å². The number of rotatable bonds is 4. The van der Waals surface area contributed by atoms with Crippen LogP contribution in [0.2, 0.25) is 0 Å². The minimum atomic E-state index is -0.0617. The minimum Gasteiger partial charge on any atom is -0.379 e. The third kappa shape index (κ3) is 2.76. The third-order valence-electron chi connectivity index (χ3n) is 4.26. The first kappa shape index (κ1) is 13.6. The highest BCUT2D eigenvalue weighted by Gasteiger charge is 2.43. The fraction of sp³-hybridized carbons (Fsp3) is 0.625. The van der Waals surface area contributed by atoms with Gasteiger partial charge in [-0.15, -0.1) is 0 Å². The van der Waals surface area contributed by atoms with Crippen LogP contribution in [0.5, 0.6) is 0 Å². The molecule has 2 heteroatoms. The molecule has 2 unspecified atom stereocenters. The van der Waals surface area contributed by atoms with Crippen LogP contribution in [0.3, 0.4) is 0 Å². The maximum atomic E-state index is 5.62. The molecule has 0 radical (unpaired) electrons. The van der Waals surface area contributed by atoms with Gasteiger partial charge in [0.2, 0.25) is 0 Å². The highest BCUT2D eigenvalue weighted by molar-refractivity contribution is 5.23. The lowest BCUT2D eigenvalue weighted by atomic mass is 9.72. The molecular weight excluding hydrogens is 222 g/mol. The van der Waals surface area contributed by atoms with Crippen molar-refractivity contribution in [2.24, 2.45) is 5.41 Å². The summed E-state index contributed by atoms with van der Waals surface area (Å²) in [7, 11) is 1.81. The summed E-state index contributed by atoms with van der Waals surface area (Å²) in [6.45, 7) is 7.83. The lowest BCUT2D eigenvalue weighted by Gasteiger charge is -2.38. The molecule has 2 nitrogen and oxygen atoms in total. The van der Waals surface area contributed by atoms with E-state index in [-0.39, 0.29) is 11.0 Å². The largest absolute Gasteiger partial charge is 0.379 e. The second-order valence-electron chi connectivity index (χ2n) is 6.34. The lowest BCUT2D eigenvalue weighted by molar-refractivity contribution is -0.0197. The zero-order valence-corrected chi connectivity index (χ0v) is 12.0. The van der Waals surface area contributed by atoms with Gasteiger partial charge in [0.1, 0.15) is 0 Å². The van der Waals surface area contributed by atoms with Crippen LogP contribution in [0.4, 0.5) is 0 Å². The van der Waals surface area contributed by atoms with E-state index in [1.165, 1.54) is 12.0 Å². The summed E-state index contributed by atoms with van der Waals surface area (Å²) in [6, 6.07) is 11.2. The molecule has 0 aromatic heterocycles. The number of hydrogen-bond donors (Lipinski definition) is 1. The first-order valence-electron chi connectivity index (χ1n) is 6.80. The van der Waals surface area contributed by atoms with Crippen LogP contribution in [0.25, 0.3) is 0 Å². The molecule has 1 heterocycles. The molecule has 1 aliphatic rings. The van der Waals surface area contributed by atoms with Crippen molar-refractivity contribution in [3.63, 3.8) is 0 Å². The summed E-state index contributed by atoms with van der Waals surface area (Å²) in [4.78, 5) is 0. The number of hydrogen-bond acceptors (Lipinski definition) is 2. The molecule has 1 N–H and O–H groups in total. The van der Waals surface area contributed by atoms with Crippen LogP contribution < -0.4 is 5.32 Å². The maximum Gasteiger partial charge on any atom is 0.0628 e. The van der Waals surface area contributed by atoms with E-state index in [1.54, 1.807) is 0 Å². The van der Waals surface area contributed by atoms with Gasteiger partial charge >= 0.3 is 0 Å². The minimum absolute atomic E-state index is 0.0617. The molecule has 0 amide bonds. The first-order chi connectivity index (χ1) is 8.47. The predicted molar refractivity (Wildman–Crippen MR) is 75.6 cm³/mol. The average molecular weight is 247 g/mol. The van der Waals surface area contributed by atoms with Gasteiger partial charge in [-0.1, -0.05) is 37.3 Å². The number of ether oxygens (including phenoxy) is 1. The summed E-state index contributed by atoms with van der Waals surface area (Å²) in [5.41, 5.74) is 1.60. The Morgan fingerprint density at radius 2 is 2.00 bits per heavy atom. The van der Waals surface area contributed by atoms with Gasteiger partial charge in [0.15, 0.2) is 0 Å². The average Bonchev–Trinajstić information content (AvgIpc) is 2.71. The van der Waals surface area contributed by atoms with Crippen molar-refractivity contribution < 1.29 is 4.74 Å². The highest BCUT2D eigenvalue weighted by Crippen LogP contribution is 2.46. The van der Waals surface area contributed by atoms with E-state index < -0.39 is 0 Å². The van der Waals surface area contributed by atoms with E-state index in [9.17, 15) is 0 Å². The summed E-state index contributed by atoms with van der Waals surface area (Å²) < 4.78 is 5.62. The van der Waals surface area contributed by atoms with E-state index >= 15 is 0 Å². The van der Waals surface area contributed by atoms with Gasteiger partial charge in [0.05, 0.1) is 5.60 Å². The molecule has 2 rings (SSSR count). The Balaban J connectivity index is 2.21. The third-order valence-corrected chi connectivity index (χ3v) is 4.26.